The van der Waals surface area contributed by atoms with Gasteiger partial charge in [0.25, 0.3) is 0 Å². The van der Waals surface area contributed by atoms with Crippen LogP contribution in [0, 0.1) is 23.2 Å². The summed E-state index contributed by atoms with van der Waals surface area (Å²) in [7, 11) is 0. The Hall–Kier alpha value is 0. The lowest BCUT2D eigenvalue weighted by atomic mass is 9.75. The smallest absolute Gasteiger partial charge is 0.0354 e. The first-order valence-electron chi connectivity index (χ1n) is 8.99. The van der Waals surface area contributed by atoms with Crippen molar-refractivity contribution >= 4 is 0 Å². The van der Waals surface area contributed by atoms with E-state index in [2.05, 4.69) is 34.6 Å². The summed E-state index contributed by atoms with van der Waals surface area (Å²) in [6.07, 6.45) is 14.6. The van der Waals surface area contributed by atoms with E-state index in [0.717, 1.165) is 17.8 Å². The van der Waals surface area contributed by atoms with Gasteiger partial charge in [-0.05, 0) is 42.4 Å². The van der Waals surface area contributed by atoms with Gasteiger partial charge >= 0.3 is 0 Å². The molecular formula is C19H38. The predicted molar refractivity (Wildman–Crippen MR) is 87.4 cm³/mol. The standard InChI is InChI=1S/C19H38/c1-6-8-9-11-16(7-2)17-12-10-13-18(15-14-17)19(3,4)5/h16-18H,6-15H2,1-5H3. The zero-order valence-electron chi connectivity index (χ0n) is 14.3. The van der Waals surface area contributed by atoms with Gasteiger partial charge in [-0.2, -0.15) is 0 Å². The fraction of sp³-hybridized carbons (Fsp3) is 1.00. The van der Waals surface area contributed by atoms with E-state index in [1.54, 1.807) is 0 Å². The minimum Gasteiger partial charge on any atom is -0.0654 e. The van der Waals surface area contributed by atoms with Gasteiger partial charge < -0.3 is 0 Å². The summed E-state index contributed by atoms with van der Waals surface area (Å²) in [4.78, 5) is 0. The molecule has 0 nitrogen and oxygen atoms in total. The van der Waals surface area contributed by atoms with E-state index in [4.69, 9.17) is 0 Å². The van der Waals surface area contributed by atoms with Gasteiger partial charge in [0.1, 0.15) is 0 Å². The highest BCUT2D eigenvalue weighted by molar-refractivity contribution is 4.81. The first kappa shape index (κ1) is 17.1. The largest absolute Gasteiger partial charge is 0.0654 e. The van der Waals surface area contributed by atoms with Gasteiger partial charge in [-0.3, -0.25) is 0 Å². The molecule has 0 saturated heterocycles. The molecule has 0 amide bonds. The summed E-state index contributed by atoms with van der Waals surface area (Å²) in [6, 6.07) is 0. The van der Waals surface area contributed by atoms with Crippen molar-refractivity contribution in [1.82, 2.24) is 0 Å². The number of rotatable bonds is 6. The molecular weight excluding hydrogens is 228 g/mol. The van der Waals surface area contributed by atoms with E-state index in [0.29, 0.717) is 5.41 Å². The molecule has 0 radical (unpaired) electrons. The quantitative estimate of drug-likeness (QED) is 0.365. The molecule has 0 spiro atoms. The van der Waals surface area contributed by atoms with Crippen LogP contribution in [0.25, 0.3) is 0 Å². The molecule has 19 heavy (non-hydrogen) atoms. The average molecular weight is 267 g/mol. The normalized spacial score (nSPS) is 27.0. The van der Waals surface area contributed by atoms with Gasteiger partial charge in [0.05, 0.1) is 0 Å². The Balaban J connectivity index is 2.45. The third-order valence-corrected chi connectivity index (χ3v) is 5.61. The molecule has 0 heterocycles. The first-order valence-corrected chi connectivity index (χ1v) is 8.99. The second-order valence-corrected chi connectivity index (χ2v) is 8.00. The predicted octanol–water partition coefficient (Wildman–Crippen LogP) is 6.84. The molecule has 0 bridgehead atoms. The van der Waals surface area contributed by atoms with E-state index in [9.17, 15) is 0 Å². The van der Waals surface area contributed by atoms with Crippen molar-refractivity contribution in [3.05, 3.63) is 0 Å². The van der Waals surface area contributed by atoms with Crippen LogP contribution < -0.4 is 0 Å². The second kappa shape index (κ2) is 8.32. The lowest BCUT2D eigenvalue weighted by Crippen LogP contribution is -2.20. The third kappa shape index (κ3) is 5.88. The lowest BCUT2D eigenvalue weighted by molar-refractivity contribution is 0.205. The van der Waals surface area contributed by atoms with E-state index < -0.39 is 0 Å². The van der Waals surface area contributed by atoms with Crippen LogP contribution in [0.1, 0.15) is 98.8 Å². The van der Waals surface area contributed by atoms with Crippen molar-refractivity contribution in [3.63, 3.8) is 0 Å². The summed E-state index contributed by atoms with van der Waals surface area (Å²) in [6.45, 7) is 12.1. The Morgan fingerprint density at radius 2 is 1.68 bits per heavy atom. The van der Waals surface area contributed by atoms with Crippen LogP contribution in [-0.2, 0) is 0 Å². The molecule has 1 rings (SSSR count). The Labute approximate surface area is 122 Å². The van der Waals surface area contributed by atoms with Crippen molar-refractivity contribution in [2.24, 2.45) is 23.2 Å². The zero-order chi connectivity index (χ0) is 14.3. The Kier molecular flexibility index (Phi) is 7.47. The number of hydrogen-bond acceptors (Lipinski definition) is 0. The maximum atomic E-state index is 2.44. The molecule has 0 aromatic rings. The van der Waals surface area contributed by atoms with Crippen molar-refractivity contribution in [1.29, 1.82) is 0 Å². The Morgan fingerprint density at radius 3 is 2.26 bits per heavy atom. The maximum Gasteiger partial charge on any atom is -0.0354 e. The molecule has 1 saturated carbocycles. The molecule has 0 aromatic heterocycles. The highest BCUT2D eigenvalue weighted by Crippen LogP contribution is 2.41. The van der Waals surface area contributed by atoms with Crippen LogP contribution in [0.2, 0.25) is 0 Å². The van der Waals surface area contributed by atoms with Gasteiger partial charge in [-0.25, -0.2) is 0 Å². The molecule has 3 atom stereocenters. The van der Waals surface area contributed by atoms with E-state index in [-0.39, 0.29) is 0 Å². The Bertz CT molecular complexity index is 223. The highest BCUT2D eigenvalue weighted by Gasteiger charge is 2.29. The molecule has 1 aliphatic rings. The van der Waals surface area contributed by atoms with Gasteiger partial charge in [0.2, 0.25) is 0 Å². The monoisotopic (exact) mass is 266 g/mol. The molecule has 0 aromatic carbocycles. The van der Waals surface area contributed by atoms with Crippen molar-refractivity contribution in [3.8, 4) is 0 Å². The first-order chi connectivity index (χ1) is 8.99. The average Bonchev–Trinajstić information content (AvgIpc) is 2.60. The zero-order valence-corrected chi connectivity index (χ0v) is 14.3. The molecule has 3 unspecified atom stereocenters. The third-order valence-electron chi connectivity index (χ3n) is 5.61. The Morgan fingerprint density at radius 1 is 0.947 bits per heavy atom. The van der Waals surface area contributed by atoms with Gasteiger partial charge in [0, 0.05) is 0 Å². The summed E-state index contributed by atoms with van der Waals surface area (Å²) in [5.74, 6) is 3.02. The highest BCUT2D eigenvalue weighted by atomic mass is 14.3. The summed E-state index contributed by atoms with van der Waals surface area (Å²) in [5, 5.41) is 0. The van der Waals surface area contributed by atoms with E-state index >= 15 is 0 Å². The molecule has 0 N–H and O–H groups in total. The van der Waals surface area contributed by atoms with Crippen LogP contribution in [0.15, 0.2) is 0 Å². The topological polar surface area (TPSA) is 0 Å². The van der Waals surface area contributed by atoms with Crippen molar-refractivity contribution in [2.75, 3.05) is 0 Å². The molecule has 1 fully saturated rings. The number of unbranched alkanes of at least 4 members (excludes halogenated alkanes) is 2. The molecule has 0 heteroatoms. The van der Waals surface area contributed by atoms with Crippen LogP contribution in [0.3, 0.4) is 0 Å². The van der Waals surface area contributed by atoms with Crippen LogP contribution in [0.4, 0.5) is 0 Å². The van der Waals surface area contributed by atoms with Crippen LogP contribution in [0.5, 0.6) is 0 Å². The van der Waals surface area contributed by atoms with Crippen molar-refractivity contribution in [2.45, 2.75) is 98.8 Å². The second-order valence-electron chi connectivity index (χ2n) is 8.00. The van der Waals surface area contributed by atoms with Crippen LogP contribution >= 0.6 is 0 Å². The lowest BCUT2D eigenvalue weighted by Gasteiger charge is -2.30. The van der Waals surface area contributed by atoms with Gasteiger partial charge in [0.15, 0.2) is 0 Å². The fourth-order valence-corrected chi connectivity index (χ4v) is 4.10. The molecule has 1 aliphatic carbocycles. The van der Waals surface area contributed by atoms with Gasteiger partial charge in [-0.15, -0.1) is 0 Å². The number of hydrogen-bond donors (Lipinski definition) is 0. The van der Waals surface area contributed by atoms with Gasteiger partial charge in [-0.1, -0.05) is 79.6 Å². The minimum absolute atomic E-state index is 0.527. The SMILES string of the molecule is CCCCCC(CC)C1CCCC(C(C)(C)C)CC1. The maximum absolute atomic E-state index is 2.44. The van der Waals surface area contributed by atoms with Crippen LogP contribution in [-0.4, -0.2) is 0 Å². The minimum atomic E-state index is 0.527. The summed E-state index contributed by atoms with van der Waals surface area (Å²) >= 11 is 0. The summed E-state index contributed by atoms with van der Waals surface area (Å²) in [5.41, 5.74) is 0.527. The van der Waals surface area contributed by atoms with Crippen molar-refractivity contribution < 1.29 is 0 Å². The van der Waals surface area contributed by atoms with E-state index in [1.807, 2.05) is 0 Å². The molecule has 0 aliphatic heterocycles. The summed E-state index contributed by atoms with van der Waals surface area (Å²) < 4.78 is 0. The van der Waals surface area contributed by atoms with E-state index in [1.165, 1.54) is 64.2 Å². The fourth-order valence-electron chi connectivity index (χ4n) is 4.10. The molecule has 114 valence electrons.